The molecule has 2 rings (SSSR count). The van der Waals surface area contributed by atoms with Crippen molar-refractivity contribution in [3.63, 3.8) is 0 Å². The van der Waals surface area contributed by atoms with Crippen molar-refractivity contribution in [2.45, 2.75) is 13.5 Å². The van der Waals surface area contributed by atoms with E-state index in [2.05, 4.69) is 31.0 Å². The normalized spacial score (nSPS) is 10.4. The largest absolute Gasteiger partial charge is 0.421 e. The van der Waals surface area contributed by atoms with Gasteiger partial charge in [-0.2, -0.15) is 15.1 Å². The number of aromatic nitrogens is 4. The van der Waals surface area contributed by atoms with Gasteiger partial charge in [-0.1, -0.05) is 0 Å². The summed E-state index contributed by atoms with van der Waals surface area (Å²) >= 11 is 3.21. The molecule has 2 heterocycles. The van der Waals surface area contributed by atoms with Crippen LogP contribution in [0.1, 0.15) is 6.92 Å². The highest BCUT2D eigenvalue weighted by Gasteiger charge is 2.05. The Kier molecular flexibility index (Phi) is 3.04. The van der Waals surface area contributed by atoms with Gasteiger partial charge in [-0.3, -0.25) is 4.68 Å². The summed E-state index contributed by atoms with van der Waals surface area (Å²) in [5.41, 5.74) is 5.56. The Balaban J connectivity index is 2.19. The lowest BCUT2D eigenvalue weighted by molar-refractivity contribution is 0.440. The van der Waals surface area contributed by atoms with Crippen molar-refractivity contribution in [3.05, 3.63) is 23.1 Å². The molecule has 0 aliphatic carbocycles. The third-order valence-corrected chi connectivity index (χ3v) is 2.24. The Morgan fingerprint density at radius 1 is 1.50 bits per heavy atom. The van der Waals surface area contributed by atoms with Crippen LogP contribution in [0.15, 0.2) is 23.1 Å². The molecule has 0 fully saturated rings. The van der Waals surface area contributed by atoms with Gasteiger partial charge >= 0.3 is 6.01 Å². The molecule has 0 unspecified atom stereocenters. The molecular weight excluding hydrogens is 274 g/mol. The molecule has 16 heavy (non-hydrogen) atoms. The average molecular weight is 284 g/mol. The zero-order valence-electron chi connectivity index (χ0n) is 8.59. The number of hydrogen-bond donors (Lipinski definition) is 1. The minimum Gasteiger partial charge on any atom is -0.421 e. The second-order valence-electron chi connectivity index (χ2n) is 3.03. The van der Waals surface area contributed by atoms with E-state index in [-0.39, 0.29) is 6.01 Å². The molecule has 0 aliphatic heterocycles. The molecule has 0 aliphatic rings. The molecule has 2 aromatic heterocycles. The highest BCUT2D eigenvalue weighted by molar-refractivity contribution is 9.10. The fourth-order valence-electron chi connectivity index (χ4n) is 1.13. The van der Waals surface area contributed by atoms with Crippen molar-refractivity contribution in [3.8, 4) is 11.8 Å². The molecule has 6 nitrogen and oxygen atoms in total. The first-order valence-corrected chi connectivity index (χ1v) is 5.47. The summed E-state index contributed by atoms with van der Waals surface area (Å²) in [5, 5.41) is 4.07. The van der Waals surface area contributed by atoms with Gasteiger partial charge < -0.3 is 10.5 Å². The van der Waals surface area contributed by atoms with E-state index < -0.39 is 0 Å². The van der Waals surface area contributed by atoms with E-state index in [4.69, 9.17) is 10.5 Å². The molecule has 0 spiro atoms. The van der Waals surface area contributed by atoms with Gasteiger partial charge in [0.2, 0.25) is 0 Å². The smallest absolute Gasteiger partial charge is 0.325 e. The van der Waals surface area contributed by atoms with Crippen LogP contribution in [0.3, 0.4) is 0 Å². The quantitative estimate of drug-likeness (QED) is 0.870. The van der Waals surface area contributed by atoms with Gasteiger partial charge in [0, 0.05) is 12.6 Å². The van der Waals surface area contributed by atoms with E-state index in [0.29, 0.717) is 16.2 Å². The number of halogens is 1. The maximum absolute atomic E-state index is 5.56. The highest BCUT2D eigenvalue weighted by atomic mass is 79.9. The van der Waals surface area contributed by atoms with Gasteiger partial charge in [-0.15, -0.1) is 0 Å². The van der Waals surface area contributed by atoms with Gasteiger partial charge in [-0.05, 0) is 22.9 Å². The number of anilines is 1. The van der Waals surface area contributed by atoms with Crippen molar-refractivity contribution in [1.29, 1.82) is 0 Å². The molecule has 2 aromatic rings. The lowest BCUT2D eigenvalue weighted by Gasteiger charge is -2.01. The molecule has 2 N–H and O–H groups in total. The first kappa shape index (κ1) is 10.9. The van der Waals surface area contributed by atoms with Crippen molar-refractivity contribution < 1.29 is 4.74 Å². The third kappa shape index (κ3) is 2.48. The van der Waals surface area contributed by atoms with Crippen LogP contribution in [0.4, 0.5) is 5.82 Å². The average Bonchev–Trinajstić information content (AvgIpc) is 2.64. The van der Waals surface area contributed by atoms with Crippen LogP contribution in [0, 0.1) is 0 Å². The first-order chi connectivity index (χ1) is 7.67. The number of ether oxygens (including phenoxy) is 1. The van der Waals surface area contributed by atoms with Crippen LogP contribution in [-0.2, 0) is 6.54 Å². The molecule has 0 aromatic carbocycles. The summed E-state index contributed by atoms with van der Waals surface area (Å²) in [7, 11) is 0. The summed E-state index contributed by atoms with van der Waals surface area (Å²) in [6.45, 7) is 2.77. The van der Waals surface area contributed by atoms with Crippen molar-refractivity contribution >= 4 is 21.7 Å². The molecular formula is C9H10BrN5O. The van der Waals surface area contributed by atoms with Crippen LogP contribution in [-0.4, -0.2) is 19.7 Å². The molecule has 0 atom stereocenters. The summed E-state index contributed by atoms with van der Waals surface area (Å²) in [6.07, 6.45) is 3.37. The minimum absolute atomic E-state index is 0.197. The van der Waals surface area contributed by atoms with Crippen LogP contribution in [0.25, 0.3) is 0 Å². The second-order valence-corrected chi connectivity index (χ2v) is 3.84. The summed E-state index contributed by atoms with van der Waals surface area (Å²) in [5.74, 6) is 0.930. The molecule has 0 radical (unpaired) electrons. The summed E-state index contributed by atoms with van der Waals surface area (Å²) in [4.78, 5) is 7.97. The number of nitrogens with zero attached hydrogens (tertiary/aromatic N) is 4. The van der Waals surface area contributed by atoms with Crippen LogP contribution in [0.2, 0.25) is 0 Å². The third-order valence-electron chi connectivity index (χ3n) is 1.84. The topological polar surface area (TPSA) is 78.9 Å². The number of rotatable bonds is 3. The van der Waals surface area contributed by atoms with Crippen molar-refractivity contribution in [2.75, 3.05) is 5.73 Å². The van der Waals surface area contributed by atoms with Crippen molar-refractivity contribution in [1.82, 2.24) is 19.7 Å². The van der Waals surface area contributed by atoms with E-state index in [9.17, 15) is 0 Å². The maximum Gasteiger partial charge on any atom is 0.325 e. The Morgan fingerprint density at radius 2 is 2.31 bits per heavy atom. The molecule has 84 valence electrons. The molecule has 0 amide bonds. The van der Waals surface area contributed by atoms with Gasteiger partial charge in [0.1, 0.15) is 10.4 Å². The van der Waals surface area contributed by atoms with Crippen LogP contribution in [0.5, 0.6) is 11.8 Å². The Hall–Kier alpha value is -1.63. The lowest BCUT2D eigenvalue weighted by atomic mass is 10.6. The zero-order valence-corrected chi connectivity index (χ0v) is 10.2. The molecule has 7 heteroatoms. The Bertz CT molecular complexity index is 478. The monoisotopic (exact) mass is 283 g/mol. The van der Waals surface area contributed by atoms with E-state index in [1.54, 1.807) is 23.1 Å². The molecule has 0 saturated carbocycles. The standard InChI is InChI=1S/C9H10BrN5O/c1-2-15-5-6(4-12-15)16-9-13-7(10)3-8(11)14-9/h3-5H,2H2,1H3,(H2,11,13,14). The van der Waals surface area contributed by atoms with Crippen LogP contribution < -0.4 is 10.5 Å². The van der Waals surface area contributed by atoms with Gasteiger partial charge in [0.15, 0.2) is 5.75 Å². The minimum atomic E-state index is 0.197. The van der Waals surface area contributed by atoms with Gasteiger partial charge in [0.05, 0.1) is 12.4 Å². The van der Waals surface area contributed by atoms with E-state index in [0.717, 1.165) is 6.54 Å². The molecule has 0 bridgehead atoms. The first-order valence-electron chi connectivity index (χ1n) is 4.67. The predicted octanol–water partition coefficient (Wildman–Crippen LogP) is 1.83. The highest BCUT2D eigenvalue weighted by Crippen LogP contribution is 2.20. The van der Waals surface area contributed by atoms with Crippen LogP contribution >= 0.6 is 15.9 Å². The van der Waals surface area contributed by atoms with E-state index in [1.165, 1.54) is 0 Å². The number of hydrogen-bond acceptors (Lipinski definition) is 5. The number of nitrogen functional groups attached to an aromatic ring is 1. The second kappa shape index (κ2) is 4.48. The summed E-state index contributed by atoms with van der Waals surface area (Å²) < 4.78 is 7.74. The van der Waals surface area contributed by atoms with Crippen molar-refractivity contribution in [2.24, 2.45) is 0 Å². The van der Waals surface area contributed by atoms with Gasteiger partial charge in [0.25, 0.3) is 0 Å². The van der Waals surface area contributed by atoms with E-state index >= 15 is 0 Å². The lowest BCUT2D eigenvalue weighted by Crippen LogP contribution is -1.96. The Morgan fingerprint density at radius 3 is 2.94 bits per heavy atom. The number of aryl methyl sites for hydroxylation is 1. The predicted molar refractivity (Wildman–Crippen MR) is 62.1 cm³/mol. The van der Waals surface area contributed by atoms with E-state index in [1.807, 2.05) is 6.92 Å². The summed E-state index contributed by atoms with van der Waals surface area (Å²) in [6, 6.07) is 1.80. The Labute approximate surface area is 101 Å². The van der Waals surface area contributed by atoms with Gasteiger partial charge in [-0.25, -0.2) is 0 Å². The zero-order chi connectivity index (χ0) is 11.5. The molecule has 0 saturated heterocycles. The number of nitrogens with two attached hydrogens (primary N) is 1. The SMILES string of the molecule is CCn1cc(Oc2nc(N)cc(Br)n2)cn1. The fourth-order valence-corrected chi connectivity index (χ4v) is 1.52. The maximum atomic E-state index is 5.56. The fraction of sp³-hybridized carbons (Fsp3) is 0.222.